The zero-order valence-electron chi connectivity index (χ0n) is 15.9. The van der Waals surface area contributed by atoms with E-state index in [1.807, 2.05) is 26.0 Å². The third-order valence-corrected chi connectivity index (χ3v) is 5.36. The summed E-state index contributed by atoms with van der Waals surface area (Å²) >= 11 is 0. The van der Waals surface area contributed by atoms with Crippen LogP contribution in [0.25, 0.3) is 11.1 Å². The van der Waals surface area contributed by atoms with Gasteiger partial charge in [0.25, 0.3) is 0 Å². The highest BCUT2D eigenvalue weighted by Gasteiger charge is 2.24. The van der Waals surface area contributed by atoms with E-state index in [0.29, 0.717) is 11.5 Å². The van der Waals surface area contributed by atoms with Gasteiger partial charge in [-0.1, -0.05) is 64.1 Å². The van der Waals surface area contributed by atoms with E-state index < -0.39 is 11.6 Å². The number of benzene rings is 2. The molecular weight excluding hydrogens is 314 g/mol. The lowest BCUT2D eigenvalue weighted by Crippen LogP contribution is -2.17. The second-order valence-corrected chi connectivity index (χ2v) is 7.08. The van der Waals surface area contributed by atoms with Gasteiger partial charge in [0.15, 0.2) is 11.6 Å². The first-order valence-electron chi connectivity index (χ1n) is 9.60. The quantitative estimate of drug-likeness (QED) is 0.538. The van der Waals surface area contributed by atoms with Crippen LogP contribution in [0.5, 0.6) is 0 Å². The van der Waals surface area contributed by atoms with Crippen LogP contribution < -0.4 is 0 Å². The molecule has 0 spiro atoms. The second-order valence-electron chi connectivity index (χ2n) is 7.08. The summed E-state index contributed by atoms with van der Waals surface area (Å²) in [6.07, 6.45) is 5.05. The highest BCUT2D eigenvalue weighted by atomic mass is 19.2. The maximum atomic E-state index is 13.9. The van der Waals surface area contributed by atoms with Gasteiger partial charge in [0.2, 0.25) is 0 Å². The predicted octanol–water partition coefficient (Wildman–Crippen LogP) is 7.59. The molecule has 0 aromatic heterocycles. The Hall–Kier alpha value is -1.70. The Bertz CT molecular complexity index is 650. The van der Waals surface area contributed by atoms with Crippen LogP contribution in [0, 0.1) is 23.5 Å². The van der Waals surface area contributed by atoms with Crippen LogP contribution in [-0.2, 0) is 0 Å². The maximum absolute atomic E-state index is 13.9. The molecule has 0 saturated heterocycles. The molecule has 136 valence electrons. The second kappa shape index (κ2) is 9.12. The van der Waals surface area contributed by atoms with Gasteiger partial charge < -0.3 is 0 Å². The monoisotopic (exact) mass is 344 g/mol. The Morgan fingerprint density at radius 3 is 2.00 bits per heavy atom. The molecule has 2 aromatic carbocycles. The van der Waals surface area contributed by atoms with E-state index in [9.17, 15) is 8.78 Å². The Balaban J connectivity index is 0.00000109. The van der Waals surface area contributed by atoms with Crippen LogP contribution >= 0.6 is 0 Å². The van der Waals surface area contributed by atoms with Crippen LogP contribution in [0.3, 0.4) is 0 Å². The summed E-state index contributed by atoms with van der Waals surface area (Å²) in [5, 5.41) is 0. The minimum absolute atomic E-state index is 0.333. The SMILES string of the molecule is CC.CC(C)C1CCC(c2ccc(-c3cccc(F)c3F)cc2)CC1. The fourth-order valence-corrected chi connectivity index (χ4v) is 3.78. The average Bonchev–Trinajstić information content (AvgIpc) is 2.66. The molecule has 0 nitrogen and oxygen atoms in total. The molecule has 0 atom stereocenters. The lowest BCUT2D eigenvalue weighted by Gasteiger charge is -2.31. The Kier molecular flexibility index (Phi) is 7.16. The Morgan fingerprint density at radius 1 is 0.840 bits per heavy atom. The van der Waals surface area contributed by atoms with Gasteiger partial charge in [-0.3, -0.25) is 0 Å². The molecule has 0 unspecified atom stereocenters. The average molecular weight is 344 g/mol. The fourth-order valence-electron chi connectivity index (χ4n) is 3.78. The summed E-state index contributed by atoms with van der Waals surface area (Å²) < 4.78 is 27.2. The van der Waals surface area contributed by atoms with Gasteiger partial charge in [-0.2, -0.15) is 0 Å². The molecule has 0 N–H and O–H groups in total. The zero-order chi connectivity index (χ0) is 18.4. The van der Waals surface area contributed by atoms with Crippen molar-refractivity contribution in [2.75, 3.05) is 0 Å². The van der Waals surface area contributed by atoms with Crippen LogP contribution in [0.4, 0.5) is 8.78 Å². The van der Waals surface area contributed by atoms with E-state index in [0.717, 1.165) is 23.5 Å². The third-order valence-electron chi connectivity index (χ3n) is 5.36. The van der Waals surface area contributed by atoms with E-state index >= 15 is 0 Å². The minimum Gasteiger partial charge on any atom is -0.204 e. The Labute approximate surface area is 151 Å². The van der Waals surface area contributed by atoms with Crippen LogP contribution in [0.2, 0.25) is 0 Å². The van der Waals surface area contributed by atoms with Crippen molar-refractivity contribution >= 4 is 0 Å². The van der Waals surface area contributed by atoms with Gasteiger partial charge in [0, 0.05) is 5.56 Å². The molecule has 2 heteroatoms. The van der Waals surface area contributed by atoms with Crippen molar-refractivity contribution in [2.24, 2.45) is 11.8 Å². The molecule has 1 aliphatic rings. The molecule has 1 saturated carbocycles. The fraction of sp³-hybridized carbons (Fsp3) is 0.478. The molecule has 1 aliphatic carbocycles. The predicted molar refractivity (Wildman–Crippen MR) is 103 cm³/mol. The summed E-state index contributed by atoms with van der Waals surface area (Å²) in [6.45, 7) is 8.63. The molecule has 3 rings (SSSR count). The molecule has 0 bridgehead atoms. The third kappa shape index (κ3) is 4.68. The van der Waals surface area contributed by atoms with Crippen molar-refractivity contribution in [1.29, 1.82) is 0 Å². The molecule has 0 aliphatic heterocycles. The summed E-state index contributed by atoms with van der Waals surface area (Å²) in [5.41, 5.74) is 2.40. The van der Waals surface area contributed by atoms with Crippen molar-refractivity contribution in [3.63, 3.8) is 0 Å². The van der Waals surface area contributed by atoms with E-state index in [1.54, 1.807) is 12.1 Å². The zero-order valence-corrected chi connectivity index (χ0v) is 15.9. The molecular formula is C23H30F2. The number of hydrogen-bond acceptors (Lipinski definition) is 0. The lowest BCUT2D eigenvalue weighted by atomic mass is 9.74. The van der Waals surface area contributed by atoms with Crippen molar-refractivity contribution in [3.8, 4) is 11.1 Å². The number of hydrogen-bond donors (Lipinski definition) is 0. The number of rotatable bonds is 3. The van der Waals surface area contributed by atoms with Crippen molar-refractivity contribution in [1.82, 2.24) is 0 Å². The first-order chi connectivity index (χ1) is 12.1. The van der Waals surface area contributed by atoms with E-state index in [4.69, 9.17) is 0 Å². The molecule has 0 radical (unpaired) electrons. The van der Waals surface area contributed by atoms with Gasteiger partial charge in [0.05, 0.1) is 0 Å². The molecule has 0 amide bonds. The van der Waals surface area contributed by atoms with Gasteiger partial charge in [-0.15, -0.1) is 0 Å². The Morgan fingerprint density at radius 2 is 1.44 bits per heavy atom. The normalized spacial score (nSPS) is 20.1. The van der Waals surface area contributed by atoms with Gasteiger partial charge in [-0.05, 0) is 60.6 Å². The first kappa shape index (κ1) is 19.6. The van der Waals surface area contributed by atoms with E-state index in [2.05, 4.69) is 26.0 Å². The molecule has 1 fully saturated rings. The molecule has 25 heavy (non-hydrogen) atoms. The van der Waals surface area contributed by atoms with Crippen LogP contribution in [-0.4, -0.2) is 0 Å². The highest BCUT2D eigenvalue weighted by Crippen LogP contribution is 2.39. The van der Waals surface area contributed by atoms with Crippen molar-refractivity contribution in [3.05, 3.63) is 59.7 Å². The highest BCUT2D eigenvalue weighted by molar-refractivity contribution is 5.64. The minimum atomic E-state index is -0.793. The maximum Gasteiger partial charge on any atom is 0.166 e. The topological polar surface area (TPSA) is 0 Å². The number of halogens is 2. The standard InChI is InChI=1S/C21H24F2.C2H6/c1-14(2)15-6-8-16(9-7-15)17-10-12-18(13-11-17)19-4-3-5-20(22)21(19)23;1-2/h3-5,10-16H,6-9H2,1-2H3;1-2H3. The van der Waals surface area contributed by atoms with Gasteiger partial charge >= 0.3 is 0 Å². The van der Waals surface area contributed by atoms with Crippen LogP contribution in [0.15, 0.2) is 42.5 Å². The van der Waals surface area contributed by atoms with Crippen molar-refractivity contribution in [2.45, 2.75) is 59.3 Å². The van der Waals surface area contributed by atoms with E-state index in [-0.39, 0.29) is 0 Å². The van der Waals surface area contributed by atoms with Crippen LogP contribution in [0.1, 0.15) is 64.9 Å². The molecule has 0 heterocycles. The largest absolute Gasteiger partial charge is 0.204 e. The smallest absolute Gasteiger partial charge is 0.166 e. The van der Waals surface area contributed by atoms with Crippen molar-refractivity contribution < 1.29 is 8.78 Å². The lowest BCUT2D eigenvalue weighted by molar-refractivity contribution is 0.259. The molecule has 2 aromatic rings. The summed E-state index contributed by atoms with van der Waals surface area (Å²) in [4.78, 5) is 0. The summed E-state index contributed by atoms with van der Waals surface area (Å²) in [6, 6.07) is 12.3. The van der Waals surface area contributed by atoms with Gasteiger partial charge in [0.1, 0.15) is 0 Å². The van der Waals surface area contributed by atoms with Gasteiger partial charge in [-0.25, -0.2) is 8.78 Å². The summed E-state index contributed by atoms with van der Waals surface area (Å²) in [5.74, 6) is 0.675. The first-order valence-corrected chi connectivity index (χ1v) is 9.60. The summed E-state index contributed by atoms with van der Waals surface area (Å²) in [7, 11) is 0. The van der Waals surface area contributed by atoms with E-state index in [1.165, 1.54) is 31.2 Å².